The van der Waals surface area contributed by atoms with E-state index in [0.717, 1.165) is 68.3 Å². The number of pyridine rings is 2. The van der Waals surface area contributed by atoms with E-state index in [1.54, 1.807) is 0 Å². The van der Waals surface area contributed by atoms with E-state index in [1.807, 2.05) is 12.4 Å². The molecule has 0 saturated carbocycles. The first kappa shape index (κ1) is 37.5. The lowest BCUT2D eigenvalue weighted by Gasteiger charge is -2.29. The molecule has 0 spiro atoms. The van der Waals surface area contributed by atoms with Gasteiger partial charge in [-0.25, -0.2) is 0 Å². The Labute approximate surface area is 348 Å². The van der Waals surface area contributed by atoms with Crippen molar-refractivity contribution in [1.29, 1.82) is 0 Å². The number of aromatic nitrogens is 2. The van der Waals surface area contributed by atoms with Gasteiger partial charge in [-0.05, 0) is 130 Å². The van der Waals surface area contributed by atoms with Gasteiger partial charge in [0.2, 0.25) is 0 Å². The second kappa shape index (κ2) is 16.4. The molecule has 7 aromatic carbocycles. The predicted molar refractivity (Wildman–Crippen MR) is 249 cm³/mol. The van der Waals surface area contributed by atoms with Crippen LogP contribution in [0.5, 0.6) is 0 Å². The van der Waals surface area contributed by atoms with Gasteiger partial charge < -0.3 is 4.90 Å². The Bertz CT molecular complexity index is 2880. The Morgan fingerprint density at radius 2 is 1.05 bits per heavy atom. The average Bonchev–Trinajstić information content (AvgIpc) is 3.28. The molecular weight excluding hydrogens is 715 g/mol. The Balaban J connectivity index is 1.21. The van der Waals surface area contributed by atoms with Crippen LogP contribution in [0.25, 0.3) is 66.7 Å². The van der Waals surface area contributed by atoms with E-state index in [1.165, 1.54) is 38.6 Å². The lowest BCUT2D eigenvalue weighted by atomic mass is 9.94. The summed E-state index contributed by atoms with van der Waals surface area (Å²) in [5.41, 5.74) is 17.9. The number of hydrogen-bond acceptors (Lipinski definition) is 3. The number of fused-ring (bicyclic) bond motifs is 1. The van der Waals surface area contributed by atoms with Crippen molar-refractivity contribution in [3.05, 3.63) is 211 Å². The second-order valence-corrected chi connectivity index (χ2v) is 16.0. The Morgan fingerprint density at radius 1 is 0.441 bits per heavy atom. The molecule has 0 N–H and O–H groups in total. The number of aryl methyl sites for hydroxylation is 2. The molecule has 0 unspecified atom stereocenters. The molecule has 9 rings (SSSR count). The lowest BCUT2D eigenvalue weighted by molar-refractivity contribution is 0.650. The third-order valence-corrected chi connectivity index (χ3v) is 11.2. The quantitative estimate of drug-likeness (QED) is 0.139. The molecule has 9 aromatic rings. The molecule has 2 aromatic heterocycles. The van der Waals surface area contributed by atoms with Crippen LogP contribution < -0.4 is 4.90 Å². The Kier molecular flexibility index (Phi) is 10.4. The van der Waals surface area contributed by atoms with Crippen LogP contribution in [0.4, 0.5) is 17.1 Å². The molecule has 59 heavy (non-hydrogen) atoms. The molecular formula is C56H47N3. The minimum atomic E-state index is 0.540. The van der Waals surface area contributed by atoms with Gasteiger partial charge in [-0.3, -0.25) is 9.97 Å². The van der Waals surface area contributed by atoms with Crippen LogP contribution in [0.3, 0.4) is 0 Å². The van der Waals surface area contributed by atoms with Gasteiger partial charge in [0.25, 0.3) is 0 Å². The zero-order valence-electron chi connectivity index (χ0n) is 34.1. The maximum absolute atomic E-state index is 5.02. The summed E-state index contributed by atoms with van der Waals surface area (Å²) in [4.78, 5) is 12.4. The standard InChI is InChI=1S/C56H47N3/c1-38(2)30-45-27-29-56(52-21-12-11-20-51(45)52)59(50-33-47(42-16-9-6-10-17-42)31-48(34-50)54-28-22-39(3)36-57-54)49-19-13-18-46(32-49)55-35-53(40(4)37-58-55)44-25-23-43(24-26-44)41-14-7-5-8-15-41/h5-29,31-38H,30H2,1-4H3. The normalized spacial score (nSPS) is 11.3. The molecule has 0 aliphatic rings. The van der Waals surface area contributed by atoms with E-state index in [0.29, 0.717) is 5.92 Å². The van der Waals surface area contributed by atoms with E-state index < -0.39 is 0 Å². The molecule has 0 radical (unpaired) electrons. The first-order valence-electron chi connectivity index (χ1n) is 20.6. The van der Waals surface area contributed by atoms with Crippen LogP contribution >= 0.6 is 0 Å². The number of nitrogens with zero attached hydrogens (tertiary/aromatic N) is 3. The van der Waals surface area contributed by atoms with E-state index in [2.05, 4.69) is 215 Å². The summed E-state index contributed by atoms with van der Waals surface area (Å²) in [5.74, 6) is 0.540. The van der Waals surface area contributed by atoms with Gasteiger partial charge in [0.1, 0.15) is 0 Å². The van der Waals surface area contributed by atoms with Crippen LogP contribution in [-0.4, -0.2) is 9.97 Å². The molecule has 286 valence electrons. The SMILES string of the molecule is Cc1ccc(-c2cc(-c3ccccc3)cc(N(c3cccc(-c4cc(-c5ccc(-c6ccccc6)cc5)c(C)cn4)c3)c3ccc(CC(C)C)c4ccccc34)c2)nc1. The maximum Gasteiger partial charge on any atom is 0.0709 e. The molecule has 3 nitrogen and oxygen atoms in total. The minimum absolute atomic E-state index is 0.540. The number of hydrogen-bond donors (Lipinski definition) is 0. The molecule has 3 heteroatoms. The Hall–Kier alpha value is -7.10. The summed E-state index contributed by atoms with van der Waals surface area (Å²) < 4.78 is 0. The zero-order chi connectivity index (χ0) is 40.3. The van der Waals surface area contributed by atoms with Gasteiger partial charge in [0.05, 0.1) is 17.1 Å². The van der Waals surface area contributed by atoms with Gasteiger partial charge in [-0.15, -0.1) is 0 Å². The van der Waals surface area contributed by atoms with Crippen LogP contribution in [0.15, 0.2) is 194 Å². The third-order valence-electron chi connectivity index (χ3n) is 11.2. The number of benzene rings is 7. The van der Waals surface area contributed by atoms with Gasteiger partial charge in [-0.2, -0.15) is 0 Å². The number of anilines is 3. The summed E-state index contributed by atoms with van der Waals surface area (Å²) in [7, 11) is 0. The first-order chi connectivity index (χ1) is 28.9. The Morgan fingerprint density at radius 3 is 1.76 bits per heavy atom. The van der Waals surface area contributed by atoms with Crippen molar-refractivity contribution in [3.8, 4) is 55.9 Å². The van der Waals surface area contributed by atoms with E-state index in [4.69, 9.17) is 9.97 Å². The second-order valence-electron chi connectivity index (χ2n) is 16.0. The molecule has 0 aliphatic carbocycles. The average molecular weight is 762 g/mol. The van der Waals surface area contributed by atoms with E-state index in [9.17, 15) is 0 Å². The zero-order valence-corrected chi connectivity index (χ0v) is 34.1. The highest BCUT2D eigenvalue weighted by Gasteiger charge is 2.20. The van der Waals surface area contributed by atoms with Crippen molar-refractivity contribution in [2.45, 2.75) is 34.1 Å². The monoisotopic (exact) mass is 761 g/mol. The first-order valence-corrected chi connectivity index (χ1v) is 20.6. The fraction of sp³-hybridized carbons (Fsp3) is 0.107. The highest BCUT2D eigenvalue weighted by molar-refractivity contribution is 6.01. The number of rotatable bonds is 10. The van der Waals surface area contributed by atoms with Crippen molar-refractivity contribution in [3.63, 3.8) is 0 Å². The summed E-state index contributed by atoms with van der Waals surface area (Å²) in [6.07, 6.45) is 4.97. The third kappa shape index (κ3) is 7.93. The minimum Gasteiger partial charge on any atom is -0.310 e. The summed E-state index contributed by atoms with van der Waals surface area (Å²) in [6.45, 7) is 8.81. The van der Waals surface area contributed by atoms with Gasteiger partial charge in [-0.1, -0.05) is 147 Å². The van der Waals surface area contributed by atoms with Crippen LogP contribution in [0.2, 0.25) is 0 Å². The molecule has 0 amide bonds. The van der Waals surface area contributed by atoms with Crippen molar-refractivity contribution in [2.24, 2.45) is 5.92 Å². The van der Waals surface area contributed by atoms with Crippen molar-refractivity contribution in [2.75, 3.05) is 4.90 Å². The largest absolute Gasteiger partial charge is 0.310 e. The summed E-state index contributed by atoms with van der Waals surface area (Å²) >= 11 is 0. The van der Waals surface area contributed by atoms with E-state index >= 15 is 0 Å². The lowest BCUT2D eigenvalue weighted by Crippen LogP contribution is -2.12. The van der Waals surface area contributed by atoms with Crippen LogP contribution in [0, 0.1) is 19.8 Å². The van der Waals surface area contributed by atoms with Gasteiger partial charge >= 0.3 is 0 Å². The van der Waals surface area contributed by atoms with Crippen LogP contribution in [-0.2, 0) is 6.42 Å². The van der Waals surface area contributed by atoms with Crippen molar-refractivity contribution in [1.82, 2.24) is 9.97 Å². The molecule has 0 fully saturated rings. The van der Waals surface area contributed by atoms with Gasteiger partial charge in [0, 0.05) is 40.3 Å². The molecule has 2 heterocycles. The fourth-order valence-electron chi connectivity index (χ4n) is 8.18. The van der Waals surface area contributed by atoms with Crippen molar-refractivity contribution >= 4 is 27.8 Å². The molecule has 0 atom stereocenters. The van der Waals surface area contributed by atoms with Gasteiger partial charge in [0.15, 0.2) is 0 Å². The topological polar surface area (TPSA) is 29.0 Å². The highest BCUT2D eigenvalue weighted by Crippen LogP contribution is 2.44. The smallest absolute Gasteiger partial charge is 0.0709 e. The molecule has 0 saturated heterocycles. The molecule has 0 aliphatic heterocycles. The fourth-order valence-corrected chi connectivity index (χ4v) is 8.18. The van der Waals surface area contributed by atoms with Crippen molar-refractivity contribution < 1.29 is 0 Å². The summed E-state index contributed by atoms with van der Waals surface area (Å²) in [6, 6.07) is 65.8. The molecule has 0 bridgehead atoms. The summed E-state index contributed by atoms with van der Waals surface area (Å²) in [5, 5.41) is 2.49. The maximum atomic E-state index is 5.02. The predicted octanol–water partition coefficient (Wildman–Crippen LogP) is 15.2. The highest BCUT2D eigenvalue weighted by atomic mass is 15.1. The van der Waals surface area contributed by atoms with E-state index in [-0.39, 0.29) is 0 Å². The van der Waals surface area contributed by atoms with Crippen LogP contribution in [0.1, 0.15) is 30.5 Å².